The summed E-state index contributed by atoms with van der Waals surface area (Å²) in [5.41, 5.74) is 7.12. The Bertz CT molecular complexity index is 710. The predicted octanol–water partition coefficient (Wildman–Crippen LogP) is 1.97. The second kappa shape index (κ2) is 7.99. The predicted molar refractivity (Wildman–Crippen MR) is 87.4 cm³/mol. The molecule has 2 N–H and O–H groups in total. The summed E-state index contributed by atoms with van der Waals surface area (Å²) < 4.78 is 6.83. The highest BCUT2D eigenvalue weighted by Crippen LogP contribution is 2.21. The second-order valence-corrected chi connectivity index (χ2v) is 4.95. The Morgan fingerprint density at radius 1 is 1.39 bits per heavy atom. The minimum absolute atomic E-state index is 0.307. The van der Waals surface area contributed by atoms with Crippen LogP contribution < -0.4 is 5.73 Å². The molecule has 0 spiro atoms. The fraction of sp³-hybridized carbons (Fsp3) is 0.353. The number of esters is 1. The zero-order valence-corrected chi connectivity index (χ0v) is 13.3. The summed E-state index contributed by atoms with van der Waals surface area (Å²) in [5.74, 6) is 2.60. The monoisotopic (exact) mass is 312 g/mol. The molecule has 6 heteroatoms. The molecule has 0 aliphatic heterocycles. The van der Waals surface area contributed by atoms with Gasteiger partial charge < -0.3 is 10.5 Å². The number of rotatable bonds is 5. The van der Waals surface area contributed by atoms with Crippen LogP contribution >= 0.6 is 0 Å². The first-order valence-corrected chi connectivity index (χ1v) is 7.53. The van der Waals surface area contributed by atoms with E-state index in [1.165, 1.54) is 0 Å². The normalized spacial score (nSPS) is 11.4. The van der Waals surface area contributed by atoms with E-state index in [1.807, 2.05) is 13.0 Å². The lowest BCUT2D eigenvalue weighted by Crippen LogP contribution is -2.19. The van der Waals surface area contributed by atoms with Gasteiger partial charge in [0, 0.05) is 24.9 Å². The van der Waals surface area contributed by atoms with Gasteiger partial charge >= 0.3 is 5.97 Å². The Labute approximate surface area is 135 Å². The van der Waals surface area contributed by atoms with Crippen LogP contribution in [0.2, 0.25) is 0 Å². The number of carbonyl (C=O) groups excluding carboxylic acids is 1. The van der Waals surface area contributed by atoms with Crippen molar-refractivity contribution < 1.29 is 9.53 Å². The first kappa shape index (κ1) is 16.6. The van der Waals surface area contributed by atoms with E-state index in [1.54, 1.807) is 36.3 Å². The summed E-state index contributed by atoms with van der Waals surface area (Å²) in [6, 6.07) is 6.50. The lowest BCUT2D eigenvalue weighted by Gasteiger charge is -2.13. The van der Waals surface area contributed by atoms with E-state index in [2.05, 4.69) is 21.9 Å². The average molecular weight is 312 g/mol. The molecule has 0 fully saturated rings. The molecule has 0 amide bonds. The average Bonchev–Trinajstić information content (AvgIpc) is 3.01. The summed E-state index contributed by atoms with van der Waals surface area (Å²) >= 11 is 0. The number of anilines is 1. The van der Waals surface area contributed by atoms with Crippen LogP contribution in [-0.2, 0) is 16.0 Å². The number of hydrogen-bond acceptors (Lipinski definition) is 5. The van der Waals surface area contributed by atoms with E-state index >= 15 is 0 Å². The molecule has 2 rings (SSSR count). The molecule has 6 nitrogen and oxygen atoms in total. The highest BCUT2D eigenvalue weighted by Gasteiger charge is 2.25. The molecular weight excluding hydrogens is 292 g/mol. The number of aromatic nitrogens is 3. The third kappa shape index (κ3) is 4.58. The minimum Gasteiger partial charge on any atom is -0.465 e. The van der Waals surface area contributed by atoms with E-state index in [9.17, 15) is 4.79 Å². The zero-order valence-electron chi connectivity index (χ0n) is 13.3. The fourth-order valence-electron chi connectivity index (χ4n) is 2.09. The molecule has 0 aliphatic carbocycles. The second-order valence-electron chi connectivity index (χ2n) is 4.95. The van der Waals surface area contributed by atoms with Crippen molar-refractivity contribution in [1.82, 2.24) is 14.5 Å². The maximum atomic E-state index is 12.3. The van der Waals surface area contributed by atoms with Crippen molar-refractivity contribution in [1.29, 1.82) is 0 Å². The lowest BCUT2D eigenvalue weighted by atomic mass is 9.97. The molecule has 0 aromatic carbocycles. The first-order chi connectivity index (χ1) is 11.1. The van der Waals surface area contributed by atoms with Crippen molar-refractivity contribution in [3.63, 3.8) is 0 Å². The molecule has 23 heavy (non-hydrogen) atoms. The van der Waals surface area contributed by atoms with Gasteiger partial charge in [0.05, 0.1) is 12.3 Å². The number of carbonyl (C=O) groups is 1. The van der Waals surface area contributed by atoms with Gasteiger partial charge in [-0.15, -0.1) is 0 Å². The van der Waals surface area contributed by atoms with Crippen LogP contribution in [0.4, 0.5) is 5.82 Å². The molecule has 1 unspecified atom stereocenters. The molecule has 2 aromatic rings. The molecule has 0 radical (unpaired) electrons. The van der Waals surface area contributed by atoms with Crippen molar-refractivity contribution in [3.05, 3.63) is 42.1 Å². The number of imidazole rings is 1. The maximum Gasteiger partial charge on any atom is 0.315 e. The van der Waals surface area contributed by atoms with E-state index in [0.717, 1.165) is 12.0 Å². The van der Waals surface area contributed by atoms with Crippen LogP contribution in [0, 0.1) is 12.0 Å². The Kier molecular flexibility index (Phi) is 5.75. The van der Waals surface area contributed by atoms with Gasteiger partial charge in [-0.05, 0) is 25.0 Å². The number of nitrogens with two attached hydrogens (primary N) is 1. The van der Waals surface area contributed by atoms with Gasteiger partial charge in [0.15, 0.2) is 0 Å². The number of ether oxygens (including phenoxy) is 1. The quantitative estimate of drug-likeness (QED) is 0.674. The lowest BCUT2D eigenvalue weighted by molar-refractivity contribution is -0.145. The van der Waals surface area contributed by atoms with Gasteiger partial charge in [-0.2, -0.15) is 0 Å². The third-order valence-electron chi connectivity index (χ3n) is 3.20. The summed E-state index contributed by atoms with van der Waals surface area (Å²) in [6.45, 7) is 4.08. The van der Waals surface area contributed by atoms with Gasteiger partial charge in [0.1, 0.15) is 18.1 Å². The fourth-order valence-corrected chi connectivity index (χ4v) is 2.09. The molecule has 1 atom stereocenters. The van der Waals surface area contributed by atoms with Crippen LogP contribution in [0.3, 0.4) is 0 Å². The van der Waals surface area contributed by atoms with Crippen LogP contribution in [0.5, 0.6) is 0 Å². The van der Waals surface area contributed by atoms with Crippen molar-refractivity contribution in [2.45, 2.75) is 32.6 Å². The SMILES string of the molecule is CCC#Cn1cnc(C(Cc2ccc(N)nc2)C(=O)OCC)c1. The van der Waals surface area contributed by atoms with E-state index in [4.69, 9.17) is 10.5 Å². The molecule has 120 valence electrons. The Morgan fingerprint density at radius 2 is 2.22 bits per heavy atom. The molecule has 0 saturated carbocycles. The summed E-state index contributed by atoms with van der Waals surface area (Å²) in [6.07, 6.45) is 6.23. The van der Waals surface area contributed by atoms with Crippen LogP contribution in [0.25, 0.3) is 0 Å². The number of nitrogens with zero attached hydrogens (tertiary/aromatic N) is 3. The highest BCUT2D eigenvalue weighted by molar-refractivity contribution is 5.78. The Morgan fingerprint density at radius 3 is 2.87 bits per heavy atom. The van der Waals surface area contributed by atoms with E-state index in [0.29, 0.717) is 24.5 Å². The van der Waals surface area contributed by atoms with Crippen molar-refractivity contribution in [3.8, 4) is 12.0 Å². The van der Waals surface area contributed by atoms with Crippen LogP contribution in [0.1, 0.15) is 37.4 Å². The summed E-state index contributed by atoms with van der Waals surface area (Å²) in [7, 11) is 0. The highest BCUT2D eigenvalue weighted by atomic mass is 16.5. The van der Waals surface area contributed by atoms with E-state index < -0.39 is 5.92 Å². The minimum atomic E-state index is -0.495. The van der Waals surface area contributed by atoms with Crippen molar-refractivity contribution >= 4 is 11.8 Å². The van der Waals surface area contributed by atoms with Crippen molar-refractivity contribution in [2.75, 3.05) is 12.3 Å². The van der Waals surface area contributed by atoms with Crippen LogP contribution in [0.15, 0.2) is 30.9 Å². The molecular formula is C17H20N4O2. The Hall–Kier alpha value is -2.81. The smallest absolute Gasteiger partial charge is 0.315 e. The van der Waals surface area contributed by atoms with Gasteiger partial charge in [-0.25, -0.2) is 9.97 Å². The van der Waals surface area contributed by atoms with Gasteiger partial charge in [0.25, 0.3) is 0 Å². The topological polar surface area (TPSA) is 83.0 Å². The maximum absolute atomic E-state index is 12.3. The third-order valence-corrected chi connectivity index (χ3v) is 3.20. The molecule has 2 heterocycles. The molecule has 2 aromatic heterocycles. The summed E-state index contributed by atoms with van der Waals surface area (Å²) in [5, 5.41) is 0. The van der Waals surface area contributed by atoms with E-state index in [-0.39, 0.29) is 5.97 Å². The van der Waals surface area contributed by atoms with Gasteiger partial charge in [-0.1, -0.05) is 18.9 Å². The van der Waals surface area contributed by atoms with Crippen LogP contribution in [-0.4, -0.2) is 27.1 Å². The van der Waals surface area contributed by atoms with Crippen molar-refractivity contribution in [2.24, 2.45) is 0 Å². The Balaban J connectivity index is 2.24. The molecule has 0 saturated heterocycles. The number of pyridine rings is 1. The van der Waals surface area contributed by atoms with Gasteiger partial charge in [-0.3, -0.25) is 9.36 Å². The number of hydrogen-bond donors (Lipinski definition) is 1. The largest absolute Gasteiger partial charge is 0.465 e. The first-order valence-electron chi connectivity index (χ1n) is 7.53. The molecule has 0 aliphatic rings. The number of nitrogen functional groups attached to an aromatic ring is 1. The molecule has 0 bridgehead atoms. The standard InChI is InChI=1S/C17H20N4O2/c1-3-5-8-21-11-15(20-12-21)14(17(22)23-4-2)9-13-6-7-16(18)19-10-13/h6-7,10-12,14H,3-4,9H2,1-2H3,(H2,18,19). The zero-order chi connectivity index (χ0) is 16.7. The van der Waals surface area contributed by atoms with Gasteiger partial charge in [0.2, 0.25) is 0 Å². The summed E-state index contributed by atoms with van der Waals surface area (Å²) in [4.78, 5) is 20.6.